The summed E-state index contributed by atoms with van der Waals surface area (Å²) >= 11 is 5.78. The van der Waals surface area contributed by atoms with Gasteiger partial charge in [0.15, 0.2) is 5.65 Å². The first-order chi connectivity index (χ1) is 8.13. The Kier molecular flexibility index (Phi) is 3.58. The molecule has 0 fully saturated rings. The molecule has 0 radical (unpaired) electrons. The Hall–Kier alpha value is -1.21. The average molecular weight is 257 g/mol. The van der Waals surface area contributed by atoms with E-state index in [-0.39, 0.29) is 6.54 Å². The molecule has 2 aromatic rings. The summed E-state index contributed by atoms with van der Waals surface area (Å²) in [7, 11) is 1.70. The molecule has 3 N–H and O–H groups in total. The number of nitrogens with one attached hydrogen (secondary N) is 1. The van der Waals surface area contributed by atoms with E-state index in [2.05, 4.69) is 15.4 Å². The predicted octanol–water partition coefficient (Wildman–Crippen LogP) is -0.00360. The van der Waals surface area contributed by atoms with Crippen molar-refractivity contribution in [2.75, 3.05) is 13.6 Å². The Bertz CT molecular complexity index is 516. The maximum atomic E-state index is 9.97. The van der Waals surface area contributed by atoms with Crippen molar-refractivity contribution < 1.29 is 10.2 Å². The third-order valence-electron chi connectivity index (χ3n) is 2.46. The third kappa shape index (κ3) is 2.39. The van der Waals surface area contributed by atoms with Crippen molar-refractivity contribution >= 4 is 17.2 Å². The average Bonchev–Trinajstić information content (AvgIpc) is 2.71. The van der Waals surface area contributed by atoms with E-state index in [1.165, 1.54) is 10.7 Å². The molecular weight excluding hydrogens is 244 g/mol. The Morgan fingerprint density at radius 2 is 2.29 bits per heavy atom. The molecule has 2 rings (SSSR count). The summed E-state index contributed by atoms with van der Waals surface area (Å²) in [6.45, 7) is 0.277. The van der Waals surface area contributed by atoms with Crippen LogP contribution < -0.4 is 5.32 Å². The van der Waals surface area contributed by atoms with Crippen molar-refractivity contribution in [2.24, 2.45) is 0 Å². The molecule has 7 heteroatoms. The second kappa shape index (κ2) is 4.97. The number of aliphatic hydroxyl groups excluding tert-OH is 2. The van der Waals surface area contributed by atoms with Crippen LogP contribution in [0.3, 0.4) is 0 Å². The summed E-state index contributed by atoms with van der Waals surface area (Å²) in [5.74, 6) is 0. The minimum atomic E-state index is -1.05. The van der Waals surface area contributed by atoms with Crippen molar-refractivity contribution in [1.29, 1.82) is 0 Å². The highest BCUT2D eigenvalue weighted by Gasteiger charge is 2.22. The summed E-state index contributed by atoms with van der Waals surface area (Å²) in [5, 5.41) is 26.8. The zero-order valence-electron chi connectivity index (χ0n) is 9.21. The lowest BCUT2D eigenvalue weighted by Gasteiger charge is -2.16. The van der Waals surface area contributed by atoms with Crippen LogP contribution in [0.4, 0.5) is 0 Å². The molecule has 17 heavy (non-hydrogen) atoms. The Labute approximate surface area is 103 Å². The van der Waals surface area contributed by atoms with Crippen LogP contribution >= 0.6 is 11.6 Å². The molecule has 92 valence electrons. The van der Waals surface area contributed by atoms with Crippen molar-refractivity contribution in [3.8, 4) is 0 Å². The first kappa shape index (κ1) is 12.3. The van der Waals surface area contributed by atoms with Crippen LogP contribution in [0, 0.1) is 0 Å². The van der Waals surface area contributed by atoms with E-state index >= 15 is 0 Å². The fourth-order valence-electron chi connectivity index (χ4n) is 1.60. The highest BCUT2D eigenvalue weighted by Crippen LogP contribution is 2.21. The van der Waals surface area contributed by atoms with Gasteiger partial charge in [-0.15, -0.1) is 0 Å². The number of halogens is 1. The number of aliphatic hydroxyl groups is 2. The quantitative estimate of drug-likeness (QED) is 0.671. The Morgan fingerprint density at radius 3 is 3.00 bits per heavy atom. The van der Waals surface area contributed by atoms with Crippen molar-refractivity contribution in [2.45, 2.75) is 12.2 Å². The topological polar surface area (TPSA) is 82.7 Å². The molecule has 0 spiro atoms. The van der Waals surface area contributed by atoms with Crippen molar-refractivity contribution in [1.82, 2.24) is 19.9 Å². The zero-order valence-corrected chi connectivity index (χ0v) is 9.96. The molecule has 6 nitrogen and oxygen atoms in total. The van der Waals surface area contributed by atoms with Crippen LogP contribution in [-0.4, -0.2) is 44.5 Å². The van der Waals surface area contributed by atoms with Crippen LogP contribution in [-0.2, 0) is 0 Å². The summed E-state index contributed by atoms with van der Waals surface area (Å²) in [5.41, 5.74) is 0.899. The first-order valence-electron chi connectivity index (χ1n) is 5.14. The second-order valence-electron chi connectivity index (χ2n) is 3.69. The largest absolute Gasteiger partial charge is 0.389 e. The third-order valence-corrected chi connectivity index (χ3v) is 2.67. The lowest BCUT2D eigenvalue weighted by molar-refractivity contribution is 0.0209. The molecule has 2 heterocycles. The second-order valence-corrected chi connectivity index (χ2v) is 4.08. The highest BCUT2D eigenvalue weighted by molar-refractivity contribution is 6.29. The molecular formula is C10H13ClN4O2. The van der Waals surface area contributed by atoms with E-state index in [0.717, 1.165) is 0 Å². The highest BCUT2D eigenvalue weighted by atomic mass is 35.5. The standard InChI is InChI=1S/C10H13ClN4O2/c1-12-5-7(16)9(17)6-4-13-15-3-2-8(11)14-10(6)15/h2-4,7,9,12,16-17H,5H2,1H3. The van der Waals surface area contributed by atoms with E-state index in [4.69, 9.17) is 11.6 Å². The number of aromatic nitrogens is 3. The summed E-state index contributed by atoms with van der Waals surface area (Å²) in [6.07, 6.45) is 1.15. The fraction of sp³-hybridized carbons (Fsp3) is 0.400. The Balaban J connectivity index is 2.38. The molecule has 0 aromatic carbocycles. The van der Waals surface area contributed by atoms with Gasteiger partial charge in [0.1, 0.15) is 11.3 Å². The molecule has 0 aliphatic carbocycles. The molecule has 0 amide bonds. The van der Waals surface area contributed by atoms with Crippen LogP contribution in [0.5, 0.6) is 0 Å². The normalized spacial score (nSPS) is 15.1. The van der Waals surface area contributed by atoms with Gasteiger partial charge in [-0.25, -0.2) is 9.50 Å². The smallest absolute Gasteiger partial charge is 0.162 e. The van der Waals surface area contributed by atoms with E-state index in [0.29, 0.717) is 16.4 Å². The molecule has 0 bridgehead atoms. The van der Waals surface area contributed by atoms with E-state index in [9.17, 15) is 10.2 Å². The predicted molar refractivity (Wildman–Crippen MR) is 62.9 cm³/mol. The van der Waals surface area contributed by atoms with Gasteiger partial charge in [0.25, 0.3) is 0 Å². The molecule has 0 aliphatic rings. The van der Waals surface area contributed by atoms with Crippen molar-refractivity contribution in [3.63, 3.8) is 0 Å². The van der Waals surface area contributed by atoms with Gasteiger partial charge < -0.3 is 15.5 Å². The number of hydrogen-bond acceptors (Lipinski definition) is 5. The van der Waals surface area contributed by atoms with Crippen LogP contribution in [0.15, 0.2) is 18.5 Å². The zero-order chi connectivity index (χ0) is 12.4. The van der Waals surface area contributed by atoms with E-state index in [1.54, 1.807) is 19.3 Å². The number of nitrogens with zero attached hydrogens (tertiary/aromatic N) is 3. The molecule has 0 saturated heterocycles. The summed E-state index contributed by atoms with van der Waals surface area (Å²) < 4.78 is 1.50. The molecule has 2 unspecified atom stereocenters. The lowest BCUT2D eigenvalue weighted by Crippen LogP contribution is -2.29. The van der Waals surface area contributed by atoms with Crippen LogP contribution in [0.25, 0.3) is 5.65 Å². The minimum absolute atomic E-state index is 0.277. The van der Waals surface area contributed by atoms with Gasteiger partial charge in [0.2, 0.25) is 0 Å². The van der Waals surface area contributed by atoms with Gasteiger partial charge in [-0.1, -0.05) is 11.6 Å². The number of rotatable bonds is 4. The molecule has 0 saturated carbocycles. The summed E-state index contributed by atoms with van der Waals surface area (Å²) in [6, 6.07) is 1.60. The minimum Gasteiger partial charge on any atom is -0.389 e. The maximum Gasteiger partial charge on any atom is 0.162 e. The van der Waals surface area contributed by atoms with Crippen LogP contribution in [0.1, 0.15) is 11.7 Å². The number of likely N-dealkylation sites (N-methyl/N-ethyl adjacent to an activating group) is 1. The van der Waals surface area contributed by atoms with Gasteiger partial charge in [-0.2, -0.15) is 5.10 Å². The van der Waals surface area contributed by atoms with Crippen LogP contribution in [0.2, 0.25) is 5.15 Å². The fourth-order valence-corrected chi connectivity index (χ4v) is 1.74. The lowest BCUT2D eigenvalue weighted by atomic mass is 10.1. The first-order valence-corrected chi connectivity index (χ1v) is 5.52. The van der Waals surface area contributed by atoms with Crippen molar-refractivity contribution in [3.05, 3.63) is 29.2 Å². The van der Waals surface area contributed by atoms with Gasteiger partial charge in [0, 0.05) is 18.3 Å². The van der Waals surface area contributed by atoms with Gasteiger partial charge in [-0.3, -0.25) is 0 Å². The molecule has 0 aliphatic heterocycles. The molecule has 2 atom stereocenters. The maximum absolute atomic E-state index is 9.97. The molecule has 2 aromatic heterocycles. The SMILES string of the molecule is CNCC(O)C(O)c1cnn2ccc(Cl)nc12. The van der Waals surface area contributed by atoms with E-state index in [1.807, 2.05) is 0 Å². The van der Waals surface area contributed by atoms with Gasteiger partial charge in [0.05, 0.1) is 12.3 Å². The van der Waals surface area contributed by atoms with Gasteiger partial charge in [-0.05, 0) is 13.1 Å². The Morgan fingerprint density at radius 1 is 1.53 bits per heavy atom. The number of fused-ring (bicyclic) bond motifs is 1. The monoisotopic (exact) mass is 256 g/mol. The van der Waals surface area contributed by atoms with E-state index < -0.39 is 12.2 Å². The number of hydrogen-bond donors (Lipinski definition) is 3. The van der Waals surface area contributed by atoms with Gasteiger partial charge >= 0.3 is 0 Å². The summed E-state index contributed by atoms with van der Waals surface area (Å²) in [4.78, 5) is 4.07.